The Morgan fingerprint density at radius 1 is 1.26 bits per heavy atom. The summed E-state index contributed by atoms with van der Waals surface area (Å²) in [6, 6.07) is 9.15. The molecule has 0 aromatic heterocycles. The van der Waals surface area contributed by atoms with E-state index >= 15 is 0 Å². The van der Waals surface area contributed by atoms with Crippen molar-refractivity contribution in [2.75, 3.05) is 6.61 Å². The Labute approximate surface area is 110 Å². The van der Waals surface area contributed by atoms with Crippen LogP contribution in [0.25, 0.3) is 0 Å². The van der Waals surface area contributed by atoms with Crippen molar-refractivity contribution in [3.8, 4) is 0 Å². The van der Waals surface area contributed by atoms with Crippen LogP contribution in [0.15, 0.2) is 42.5 Å². The summed E-state index contributed by atoms with van der Waals surface area (Å²) >= 11 is 0. The lowest BCUT2D eigenvalue weighted by atomic mass is 10.0. The predicted octanol–water partition coefficient (Wildman–Crippen LogP) is 3.32. The summed E-state index contributed by atoms with van der Waals surface area (Å²) in [6.07, 6.45) is -4.26. The van der Waals surface area contributed by atoms with Gasteiger partial charge in [-0.25, -0.2) is 0 Å². The molecule has 0 aliphatic carbocycles. The lowest BCUT2D eigenvalue weighted by molar-refractivity contribution is -0.218. The zero-order chi connectivity index (χ0) is 14.3. The third kappa shape index (κ3) is 5.44. The van der Waals surface area contributed by atoms with Gasteiger partial charge in [0.25, 0.3) is 0 Å². The quantitative estimate of drug-likeness (QED) is 0.806. The molecular weight excluding hydrogens is 257 g/mol. The molecule has 1 N–H and O–H groups in total. The van der Waals surface area contributed by atoms with Crippen LogP contribution >= 0.6 is 0 Å². The summed E-state index contributed by atoms with van der Waals surface area (Å²) in [6.45, 7) is 1.65. The Morgan fingerprint density at radius 3 is 2.42 bits per heavy atom. The van der Waals surface area contributed by atoms with E-state index in [0.29, 0.717) is 0 Å². The molecule has 0 fully saturated rings. The predicted molar refractivity (Wildman–Crippen MR) is 66.5 cm³/mol. The van der Waals surface area contributed by atoms with Crippen molar-refractivity contribution in [1.29, 1.82) is 0 Å². The van der Waals surface area contributed by atoms with E-state index in [1.165, 1.54) is 12.2 Å². The number of aliphatic hydroxyl groups is 1. The van der Waals surface area contributed by atoms with Gasteiger partial charge in [0.1, 0.15) is 0 Å². The van der Waals surface area contributed by atoms with Crippen LogP contribution in [0.3, 0.4) is 0 Å². The lowest BCUT2D eigenvalue weighted by Crippen LogP contribution is -2.37. The topological polar surface area (TPSA) is 29.5 Å². The van der Waals surface area contributed by atoms with E-state index in [2.05, 4.69) is 0 Å². The summed E-state index contributed by atoms with van der Waals surface area (Å²) in [5.74, 6) is -1.09. The number of alkyl halides is 3. The zero-order valence-corrected chi connectivity index (χ0v) is 10.6. The van der Waals surface area contributed by atoms with Crippen molar-refractivity contribution in [2.45, 2.75) is 25.8 Å². The van der Waals surface area contributed by atoms with E-state index < -0.39 is 18.2 Å². The molecule has 1 unspecified atom stereocenters. The zero-order valence-electron chi connectivity index (χ0n) is 10.6. The molecule has 2 nitrogen and oxygen atoms in total. The monoisotopic (exact) mass is 274 g/mol. The molecule has 0 amide bonds. The van der Waals surface area contributed by atoms with Crippen LogP contribution in [-0.2, 0) is 11.3 Å². The first kappa shape index (κ1) is 15.7. The Morgan fingerprint density at radius 2 is 1.89 bits per heavy atom. The third-order valence-electron chi connectivity index (χ3n) is 2.60. The molecular formula is C14H17F3O2. The number of hydrogen-bond donors (Lipinski definition) is 1. The number of halogens is 3. The first-order chi connectivity index (χ1) is 8.95. The van der Waals surface area contributed by atoms with Gasteiger partial charge < -0.3 is 9.84 Å². The average Bonchev–Trinajstić information content (AvgIpc) is 2.37. The van der Waals surface area contributed by atoms with Gasteiger partial charge in [-0.3, -0.25) is 0 Å². The van der Waals surface area contributed by atoms with Crippen LogP contribution in [-0.4, -0.2) is 24.0 Å². The van der Waals surface area contributed by atoms with E-state index in [9.17, 15) is 18.3 Å². The second-order valence-corrected chi connectivity index (χ2v) is 4.18. The standard InChI is InChI=1S/C14H17F3O2/c1-2-6-12(13(18)14(15,16)17)10-19-9-11-7-4-3-5-8-11/h2-8,12-13,18H,9-10H2,1H3/b6-2+/t12?,13-/m1/s1. The lowest BCUT2D eigenvalue weighted by Gasteiger charge is -2.22. The first-order valence-electron chi connectivity index (χ1n) is 5.94. The number of benzene rings is 1. The molecule has 1 aromatic carbocycles. The normalized spacial score (nSPS) is 15.6. The highest BCUT2D eigenvalue weighted by atomic mass is 19.4. The van der Waals surface area contributed by atoms with E-state index in [0.717, 1.165) is 5.56 Å². The highest BCUT2D eigenvalue weighted by Gasteiger charge is 2.42. The molecule has 106 valence electrons. The van der Waals surface area contributed by atoms with Gasteiger partial charge in [-0.2, -0.15) is 13.2 Å². The van der Waals surface area contributed by atoms with Crippen molar-refractivity contribution >= 4 is 0 Å². The van der Waals surface area contributed by atoms with Crippen LogP contribution in [0.1, 0.15) is 12.5 Å². The van der Waals surface area contributed by atoms with Crippen molar-refractivity contribution < 1.29 is 23.0 Å². The Hall–Kier alpha value is -1.33. The van der Waals surface area contributed by atoms with Gasteiger partial charge in [0.05, 0.1) is 13.2 Å². The SMILES string of the molecule is C/C=C/C(COCc1ccccc1)[C@@H](O)C(F)(F)F. The van der Waals surface area contributed by atoms with Crippen LogP contribution in [0, 0.1) is 5.92 Å². The molecule has 1 rings (SSSR count). The van der Waals surface area contributed by atoms with Crippen LogP contribution in [0.2, 0.25) is 0 Å². The van der Waals surface area contributed by atoms with Gasteiger partial charge in [-0.05, 0) is 12.5 Å². The molecule has 0 spiro atoms. The molecule has 0 radical (unpaired) electrons. The number of ether oxygens (including phenoxy) is 1. The van der Waals surface area contributed by atoms with Gasteiger partial charge in [0.2, 0.25) is 0 Å². The minimum atomic E-state index is -4.64. The second kappa shape index (κ2) is 7.31. The Bertz CT molecular complexity index is 387. The van der Waals surface area contributed by atoms with E-state index in [1.807, 2.05) is 30.3 Å². The maximum atomic E-state index is 12.4. The molecule has 2 atom stereocenters. The molecule has 0 bridgehead atoms. The van der Waals surface area contributed by atoms with E-state index in [4.69, 9.17) is 4.74 Å². The second-order valence-electron chi connectivity index (χ2n) is 4.18. The van der Waals surface area contributed by atoms with Crippen LogP contribution in [0.4, 0.5) is 13.2 Å². The Balaban J connectivity index is 2.51. The van der Waals surface area contributed by atoms with E-state index in [-0.39, 0.29) is 13.2 Å². The first-order valence-corrected chi connectivity index (χ1v) is 5.94. The number of aliphatic hydroxyl groups excluding tert-OH is 1. The number of rotatable bonds is 6. The fourth-order valence-corrected chi connectivity index (χ4v) is 1.63. The number of hydrogen-bond acceptors (Lipinski definition) is 2. The minimum Gasteiger partial charge on any atom is -0.383 e. The molecule has 0 heterocycles. The molecule has 1 aromatic rings. The summed E-state index contributed by atoms with van der Waals surface area (Å²) in [4.78, 5) is 0. The average molecular weight is 274 g/mol. The third-order valence-corrected chi connectivity index (χ3v) is 2.60. The number of allylic oxidation sites excluding steroid dienone is 1. The van der Waals surface area contributed by atoms with Crippen LogP contribution in [0.5, 0.6) is 0 Å². The largest absolute Gasteiger partial charge is 0.415 e. The van der Waals surface area contributed by atoms with Gasteiger partial charge in [0, 0.05) is 5.92 Å². The summed E-state index contributed by atoms with van der Waals surface area (Å²) in [5, 5.41) is 9.22. The van der Waals surface area contributed by atoms with Crippen molar-refractivity contribution in [3.63, 3.8) is 0 Å². The fraction of sp³-hybridized carbons (Fsp3) is 0.429. The minimum absolute atomic E-state index is 0.181. The van der Waals surface area contributed by atoms with Gasteiger partial charge in [0.15, 0.2) is 6.10 Å². The molecule has 19 heavy (non-hydrogen) atoms. The molecule has 5 heteroatoms. The van der Waals surface area contributed by atoms with Gasteiger partial charge >= 0.3 is 6.18 Å². The summed E-state index contributed by atoms with van der Waals surface area (Å²) in [5.41, 5.74) is 0.878. The van der Waals surface area contributed by atoms with E-state index in [1.54, 1.807) is 6.92 Å². The maximum absolute atomic E-state index is 12.4. The molecule has 0 saturated carbocycles. The van der Waals surface area contributed by atoms with Crippen molar-refractivity contribution in [2.24, 2.45) is 5.92 Å². The van der Waals surface area contributed by atoms with Crippen LogP contribution < -0.4 is 0 Å². The molecule has 0 aliphatic rings. The molecule has 0 saturated heterocycles. The van der Waals surface area contributed by atoms with Gasteiger partial charge in [-0.15, -0.1) is 0 Å². The highest BCUT2D eigenvalue weighted by Crippen LogP contribution is 2.26. The van der Waals surface area contributed by atoms with Crippen molar-refractivity contribution in [3.05, 3.63) is 48.0 Å². The fourth-order valence-electron chi connectivity index (χ4n) is 1.63. The summed E-state index contributed by atoms with van der Waals surface area (Å²) < 4.78 is 42.5. The maximum Gasteiger partial charge on any atom is 0.415 e. The summed E-state index contributed by atoms with van der Waals surface area (Å²) in [7, 11) is 0. The Kier molecular flexibility index (Phi) is 6.05. The smallest absolute Gasteiger partial charge is 0.383 e. The molecule has 0 aliphatic heterocycles. The van der Waals surface area contributed by atoms with Gasteiger partial charge in [-0.1, -0.05) is 42.5 Å². The van der Waals surface area contributed by atoms with Crippen molar-refractivity contribution in [1.82, 2.24) is 0 Å². The highest BCUT2D eigenvalue weighted by molar-refractivity contribution is 5.13.